The van der Waals surface area contributed by atoms with Crippen LogP contribution in [0.25, 0.3) is 0 Å². The molecule has 0 aliphatic rings. The Bertz CT molecular complexity index is 599. The predicted molar refractivity (Wildman–Crippen MR) is 76.9 cm³/mol. The van der Waals surface area contributed by atoms with Crippen molar-refractivity contribution >= 4 is 40.7 Å². The van der Waals surface area contributed by atoms with E-state index in [9.17, 15) is 4.79 Å². The summed E-state index contributed by atoms with van der Waals surface area (Å²) < 4.78 is 0. The molecule has 1 N–H and O–H groups in total. The molecule has 0 saturated heterocycles. The minimum atomic E-state index is -0.263. The van der Waals surface area contributed by atoms with E-state index in [-0.39, 0.29) is 16.1 Å². The maximum Gasteiger partial charge on any atom is 0.253 e. The first-order chi connectivity index (χ1) is 9.06. The molecule has 19 heavy (non-hydrogen) atoms. The Morgan fingerprint density at radius 1 is 1.16 bits per heavy atom. The standard InChI is InChI=1S/C13H9Cl3N2O/c14-10-3-1-8(2-4-10)6-18-13(19)9-5-11(15)12(16)17-7-9/h1-5,7H,6H2,(H,18,19). The zero-order chi connectivity index (χ0) is 13.8. The van der Waals surface area contributed by atoms with E-state index in [1.54, 1.807) is 12.1 Å². The number of nitrogens with zero attached hydrogens (tertiary/aromatic N) is 1. The summed E-state index contributed by atoms with van der Waals surface area (Å²) in [6.07, 6.45) is 1.38. The van der Waals surface area contributed by atoms with Crippen LogP contribution in [0.3, 0.4) is 0 Å². The van der Waals surface area contributed by atoms with Gasteiger partial charge in [0, 0.05) is 17.8 Å². The molecule has 3 nitrogen and oxygen atoms in total. The number of benzene rings is 1. The highest BCUT2D eigenvalue weighted by Gasteiger charge is 2.08. The van der Waals surface area contributed by atoms with Crippen molar-refractivity contribution in [2.45, 2.75) is 6.54 Å². The predicted octanol–water partition coefficient (Wildman–Crippen LogP) is 3.97. The van der Waals surface area contributed by atoms with Crippen molar-refractivity contribution in [1.29, 1.82) is 0 Å². The molecule has 0 radical (unpaired) electrons. The molecule has 0 atom stereocenters. The summed E-state index contributed by atoms with van der Waals surface area (Å²) in [6.45, 7) is 0.399. The molecule has 0 bridgehead atoms. The molecule has 2 rings (SSSR count). The van der Waals surface area contributed by atoms with E-state index in [0.29, 0.717) is 17.1 Å². The van der Waals surface area contributed by atoms with E-state index in [2.05, 4.69) is 10.3 Å². The van der Waals surface area contributed by atoms with Crippen LogP contribution in [-0.2, 0) is 6.54 Å². The van der Waals surface area contributed by atoms with Crippen LogP contribution in [0.1, 0.15) is 15.9 Å². The summed E-state index contributed by atoms with van der Waals surface area (Å²) in [5, 5.41) is 3.84. The van der Waals surface area contributed by atoms with Gasteiger partial charge in [-0.2, -0.15) is 0 Å². The second kappa shape index (κ2) is 6.24. The van der Waals surface area contributed by atoms with Gasteiger partial charge in [0.15, 0.2) is 0 Å². The van der Waals surface area contributed by atoms with Gasteiger partial charge in [0.1, 0.15) is 5.15 Å². The second-order valence-electron chi connectivity index (χ2n) is 3.81. The highest BCUT2D eigenvalue weighted by Crippen LogP contribution is 2.19. The summed E-state index contributed by atoms with van der Waals surface area (Å²) in [7, 11) is 0. The Kier molecular flexibility index (Phi) is 4.64. The average Bonchev–Trinajstić information content (AvgIpc) is 2.41. The lowest BCUT2D eigenvalue weighted by Crippen LogP contribution is -2.22. The summed E-state index contributed by atoms with van der Waals surface area (Å²) in [4.78, 5) is 15.7. The maximum atomic E-state index is 11.9. The summed E-state index contributed by atoms with van der Waals surface area (Å²) in [5.41, 5.74) is 1.31. The SMILES string of the molecule is O=C(NCc1ccc(Cl)cc1)c1cnc(Cl)c(Cl)c1. The van der Waals surface area contributed by atoms with E-state index in [1.807, 2.05) is 12.1 Å². The van der Waals surface area contributed by atoms with Crippen molar-refractivity contribution < 1.29 is 4.79 Å². The minimum absolute atomic E-state index is 0.177. The molecule has 0 aliphatic carbocycles. The third kappa shape index (κ3) is 3.83. The first-order valence-corrected chi connectivity index (χ1v) is 6.53. The first kappa shape index (κ1) is 14.1. The smallest absolute Gasteiger partial charge is 0.253 e. The molecule has 0 aliphatic heterocycles. The Hall–Kier alpha value is -1.29. The van der Waals surface area contributed by atoms with Gasteiger partial charge in [-0.25, -0.2) is 4.98 Å². The van der Waals surface area contributed by atoms with Crippen molar-refractivity contribution in [2.24, 2.45) is 0 Å². The van der Waals surface area contributed by atoms with Crippen molar-refractivity contribution in [3.05, 3.63) is 62.9 Å². The van der Waals surface area contributed by atoms with Gasteiger partial charge in [0.2, 0.25) is 0 Å². The fraction of sp³-hybridized carbons (Fsp3) is 0.0769. The van der Waals surface area contributed by atoms with Crippen LogP contribution >= 0.6 is 34.8 Å². The van der Waals surface area contributed by atoms with Gasteiger partial charge in [-0.15, -0.1) is 0 Å². The van der Waals surface area contributed by atoms with Crippen molar-refractivity contribution in [1.82, 2.24) is 10.3 Å². The van der Waals surface area contributed by atoms with Gasteiger partial charge < -0.3 is 5.32 Å². The van der Waals surface area contributed by atoms with E-state index >= 15 is 0 Å². The van der Waals surface area contributed by atoms with Gasteiger partial charge in [0.05, 0.1) is 10.6 Å². The number of amides is 1. The minimum Gasteiger partial charge on any atom is -0.348 e. The number of carbonyl (C=O) groups excluding carboxylic acids is 1. The fourth-order valence-corrected chi connectivity index (χ4v) is 1.83. The van der Waals surface area contributed by atoms with Crippen LogP contribution < -0.4 is 5.32 Å². The highest BCUT2D eigenvalue weighted by atomic mass is 35.5. The quantitative estimate of drug-likeness (QED) is 0.871. The number of rotatable bonds is 3. The molecule has 1 aromatic carbocycles. The third-order valence-electron chi connectivity index (χ3n) is 2.42. The van der Waals surface area contributed by atoms with Crippen molar-refractivity contribution in [3.8, 4) is 0 Å². The van der Waals surface area contributed by atoms with Gasteiger partial charge >= 0.3 is 0 Å². The van der Waals surface area contributed by atoms with E-state index < -0.39 is 0 Å². The zero-order valence-corrected chi connectivity index (χ0v) is 11.9. The molecule has 0 spiro atoms. The number of hydrogen-bond acceptors (Lipinski definition) is 2. The van der Waals surface area contributed by atoms with Crippen molar-refractivity contribution in [3.63, 3.8) is 0 Å². The molecular formula is C13H9Cl3N2O. The Balaban J connectivity index is 2.01. The van der Waals surface area contributed by atoms with Crippen molar-refractivity contribution in [2.75, 3.05) is 0 Å². The van der Waals surface area contributed by atoms with E-state index in [4.69, 9.17) is 34.8 Å². The van der Waals surface area contributed by atoms with Crippen LogP contribution in [-0.4, -0.2) is 10.9 Å². The number of hydrogen-bond donors (Lipinski definition) is 1. The van der Waals surface area contributed by atoms with Crippen LogP contribution in [0.2, 0.25) is 15.2 Å². The largest absolute Gasteiger partial charge is 0.348 e. The number of nitrogens with one attached hydrogen (secondary N) is 1. The monoisotopic (exact) mass is 314 g/mol. The number of pyridine rings is 1. The van der Waals surface area contributed by atoms with Gasteiger partial charge in [-0.05, 0) is 23.8 Å². The summed E-state index contributed by atoms with van der Waals surface area (Å²) in [6, 6.07) is 8.70. The van der Waals surface area contributed by atoms with Crippen LogP contribution in [0, 0.1) is 0 Å². The normalized spacial score (nSPS) is 10.3. The molecular weight excluding hydrogens is 307 g/mol. The van der Waals surface area contributed by atoms with Crippen LogP contribution in [0.15, 0.2) is 36.5 Å². The summed E-state index contributed by atoms with van der Waals surface area (Å²) >= 11 is 17.3. The first-order valence-electron chi connectivity index (χ1n) is 5.40. The number of aromatic nitrogens is 1. The van der Waals surface area contributed by atoms with Gasteiger partial charge in [-0.1, -0.05) is 46.9 Å². The zero-order valence-electron chi connectivity index (χ0n) is 9.66. The van der Waals surface area contributed by atoms with Crippen LogP contribution in [0.4, 0.5) is 0 Å². The molecule has 2 aromatic rings. The van der Waals surface area contributed by atoms with Gasteiger partial charge in [0.25, 0.3) is 5.91 Å². The second-order valence-corrected chi connectivity index (χ2v) is 5.01. The Morgan fingerprint density at radius 2 is 1.84 bits per heavy atom. The topological polar surface area (TPSA) is 42.0 Å². The molecule has 6 heteroatoms. The maximum absolute atomic E-state index is 11.9. The molecule has 1 aromatic heterocycles. The van der Waals surface area contributed by atoms with Crippen LogP contribution in [0.5, 0.6) is 0 Å². The van der Waals surface area contributed by atoms with E-state index in [0.717, 1.165) is 5.56 Å². The molecule has 1 amide bonds. The summed E-state index contributed by atoms with van der Waals surface area (Å²) in [5.74, 6) is -0.263. The van der Waals surface area contributed by atoms with Gasteiger partial charge in [-0.3, -0.25) is 4.79 Å². The highest BCUT2D eigenvalue weighted by molar-refractivity contribution is 6.41. The lowest BCUT2D eigenvalue weighted by molar-refractivity contribution is 0.0950. The lowest BCUT2D eigenvalue weighted by Gasteiger charge is -2.06. The molecule has 0 saturated carbocycles. The molecule has 98 valence electrons. The molecule has 0 fully saturated rings. The third-order valence-corrected chi connectivity index (χ3v) is 3.36. The molecule has 0 unspecified atom stereocenters. The molecule has 1 heterocycles. The Labute approximate surface area is 125 Å². The Morgan fingerprint density at radius 3 is 2.47 bits per heavy atom. The average molecular weight is 316 g/mol. The lowest BCUT2D eigenvalue weighted by atomic mass is 10.2. The number of halogens is 3. The number of carbonyl (C=O) groups is 1. The van der Waals surface area contributed by atoms with E-state index in [1.165, 1.54) is 12.3 Å². The fourth-order valence-electron chi connectivity index (χ4n) is 1.43.